The van der Waals surface area contributed by atoms with Crippen LogP contribution >= 0.6 is 0 Å². The van der Waals surface area contributed by atoms with Crippen LogP contribution in [0.25, 0.3) is 0 Å². The molecular formula is C18H26N2O2. The first-order chi connectivity index (χ1) is 10.5. The maximum Gasteiger partial charge on any atom is 0.233 e. The average molecular weight is 302 g/mol. The maximum atomic E-state index is 13.1. The lowest BCUT2D eigenvalue weighted by Crippen LogP contribution is -2.42. The highest BCUT2D eigenvalue weighted by molar-refractivity contribution is 5.91. The van der Waals surface area contributed by atoms with Crippen LogP contribution in [0.3, 0.4) is 0 Å². The topological polar surface area (TPSA) is 32.8 Å². The summed E-state index contributed by atoms with van der Waals surface area (Å²) in [5.41, 5.74) is 2.07. The number of carbonyl (C=O) groups excluding carboxylic acids is 1. The van der Waals surface area contributed by atoms with Gasteiger partial charge in [0.25, 0.3) is 0 Å². The molecule has 1 unspecified atom stereocenters. The Balaban J connectivity index is 1.78. The molecule has 0 N–H and O–H groups in total. The Hall–Kier alpha value is -1.55. The van der Waals surface area contributed by atoms with Crippen LogP contribution < -0.4 is 4.90 Å². The largest absolute Gasteiger partial charge is 0.379 e. The standard InChI is InChI=1S/C18H26N2O2/c1-14-12-20(10-11-22-13-14)17(21)18(8-9-18)15-4-6-16(7-5-15)19(2)3/h4-7,14H,8-13H2,1-3H3. The SMILES string of the molecule is CC1COCCN(C(=O)C2(c3ccc(N(C)C)cc3)CC2)C1. The van der Waals surface area contributed by atoms with Gasteiger partial charge >= 0.3 is 0 Å². The molecule has 0 spiro atoms. The zero-order valence-electron chi connectivity index (χ0n) is 13.8. The van der Waals surface area contributed by atoms with Gasteiger partial charge in [0, 0.05) is 32.9 Å². The van der Waals surface area contributed by atoms with Gasteiger partial charge in [-0.1, -0.05) is 19.1 Å². The Labute approximate surface area is 133 Å². The van der Waals surface area contributed by atoms with Crippen LogP contribution in [-0.2, 0) is 14.9 Å². The van der Waals surface area contributed by atoms with E-state index in [4.69, 9.17) is 4.74 Å². The fourth-order valence-electron chi connectivity index (χ4n) is 3.30. The fraction of sp³-hybridized carbons (Fsp3) is 0.611. The molecule has 2 fully saturated rings. The van der Waals surface area contributed by atoms with E-state index in [9.17, 15) is 4.79 Å². The average Bonchev–Trinajstić information content (AvgIpc) is 3.32. The molecule has 2 aliphatic rings. The first-order valence-electron chi connectivity index (χ1n) is 8.18. The van der Waals surface area contributed by atoms with Gasteiger partial charge in [-0.2, -0.15) is 0 Å². The summed E-state index contributed by atoms with van der Waals surface area (Å²) in [6, 6.07) is 8.46. The lowest BCUT2D eigenvalue weighted by molar-refractivity contribution is -0.134. The van der Waals surface area contributed by atoms with E-state index in [1.165, 1.54) is 11.3 Å². The van der Waals surface area contributed by atoms with Gasteiger partial charge in [0.2, 0.25) is 5.91 Å². The van der Waals surface area contributed by atoms with E-state index in [1.807, 2.05) is 19.0 Å². The summed E-state index contributed by atoms with van der Waals surface area (Å²) in [6.07, 6.45) is 1.94. The Morgan fingerprint density at radius 3 is 2.55 bits per heavy atom. The van der Waals surface area contributed by atoms with Crippen LogP contribution in [0, 0.1) is 5.92 Å². The van der Waals surface area contributed by atoms with Crippen molar-refractivity contribution >= 4 is 11.6 Å². The van der Waals surface area contributed by atoms with E-state index >= 15 is 0 Å². The van der Waals surface area contributed by atoms with E-state index in [1.54, 1.807) is 0 Å². The molecule has 1 atom stereocenters. The van der Waals surface area contributed by atoms with Crippen molar-refractivity contribution in [1.29, 1.82) is 0 Å². The van der Waals surface area contributed by atoms with Crippen molar-refractivity contribution in [3.8, 4) is 0 Å². The van der Waals surface area contributed by atoms with Crippen LogP contribution in [-0.4, -0.2) is 51.2 Å². The molecule has 4 heteroatoms. The molecule has 1 saturated carbocycles. The Morgan fingerprint density at radius 2 is 1.95 bits per heavy atom. The number of carbonyl (C=O) groups is 1. The maximum absolute atomic E-state index is 13.1. The number of benzene rings is 1. The molecule has 1 aliphatic heterocycles. The number of anilines is 1. The Morgan fingerprint density at radius 1 is 1.27 bits per heavy atom. The molecular weight excluding hydrogens is 276 g/mol. The Kier molecular flexibility index (Phi) is 4.13. The highest BCUT2D eigenvalue weighted by Gasteiger charge is 2.53. The molecule has 0 bridgehead atoms. The van der Waals surface area contributed by atoms with Gasteiger partial charge in [-0.3, -0.25) is 4.79 Å². The number of ether oxygens (including phenoxy) is 1. The number of hydrogen-bond acceptors (Lipinski definition) is 3. The van der Waals surface area contributed by atoms with Crippen molar-refractivity contribution in [2.24, 2.45) is 5.92 Å². The quantitative estimate of drug-likeness (QED) is 0.859. The second-order valence-electron chi connectivity index (χ2n) is 6.95. The molecule has 1 amide bonds. The normalized spacial score (nSPS) is 23.8. The third-order valence-electron chi connectivity index (χ3n) is 4.82. The molecule has 4 nitrogen and oxygen atoms in total. The lowest BCUT2D eigenvalue weighted by Gasteiger charge is -2.27. The number of amides is 1. The summed E-state index contributed by atoms with van der Waals surface area (Å²) < 4.78 is 5.57. The lowest BCUT2D eigenvalue weighted by atomic mass is 9.93. The molecule has 22 heavy (non-hydrogen) atoms. The molecule has 0 aromatic heterocycles. The summed E-state index contributed by atoms with van der Waals surface area (Å²) in [6.45, 7) is 5.11. The second kappa shape index (κ2) is 5.92. The van der Waals surface area contributed by atoms with Crippen molar-refractivity contribution < 1.29 is 9.53 Å². The van der Waals surface area contributed by atoms with Gasteiger partial charge in [-0.15, -0.1) is 0 Å². The van der Waals surface area contributed by atoms with E-state index in [-0.39, 0.29) is 5.41 Å². The monoisotopic (exact) mass is 302 g/mol. The molecule has 1 saturated heterocycles. The third kappa shape index (κ3) is 2.84. The fourth-order valence-corrected chi connectivity index (χ4v) is 3.30. The molecule has 1 heterocycles. The van der Waals surface area contributed by atoms with Crippen molar-refractivity contribution in [2.45, 2.75) is 25.2 Å². The number of hydrogen-bond donors (Lipinski definition) is 0. The molecule has 0 radical (unpaired) electrons. The van der Waals surface area contributed by atoms with E-state index in [2.05, 4.69) is 36.1 Å². The molecule has 120 valence electrons. The highest BCUT2D eigenvalue weighted by atomic mass is 16.5. The summed E-state index contributed by atoms with van der Waals surface area (Å²) >= 11 is 0. The molecule has 1 aromatic rings. The first-order valence-corrected chi connectivity index (χ1v) is 8.18. The van der Waals surface area contributed by atoms with Crippen LogP contribution in [0.1, 0.15) is 25.3 Å². The first kappa shape index (κ1) is 15.3. The second-order valence-corrected chi connectivity index (χ2v) is 6.95. The van der Waals surface area contributed by atoms with Gasteiger partial charge in [0.15, 0.2) is 0 Å². The Bertz CT molecular complexity index is 535. The highest BCUT2D eigenvalue weighted by Crippen LogP contribution is 2.50. The van der Waals surface area contributed by atoms with E-state index in [0.717, 1.165) is 32.5 Å². The van der Waals surface area contributed by atoms with Gasteiger partial charge < -0.3 is 14.5 Å². The number of nitrogens with zero attached hydrogens (tertiary/aromatic N) is 2. The molecule has 3 rings (SSSR count). The third-order valence-corrected chi connectivity index (χ3v) is 4.82. The van der Waals surface area contributed by atoms with Gasteiger partial charge in [0.05, 0.1) is 18.6 Å². The van der Waals surface area contributed by atoms with Crippen LogP contribution in [0.4, 0.5) is 5.69 Å². The summed E-state index contributed by atoms with van der Waals surface area (Å²) in [5, 5.41) is 0. The minimum absolute atomic E-state index is 0.269. The smallest absolute Gasteiger partial charge is 0.233 e. The van der Waals surface area contributed by atoms with Crippen LogP contribution in [0.15, 0.2) is 24.3 Å². The predicted octanol–water partition coefficient (Wildman–Crippen LogP) is 2.28. The van der Waals surface area contributed by atoms with Crippen molar-refractivity contribution in [1.82, 2.24) is 4.90 Å². The minimum Gasteiger partial charge on any atom is -0.379 e. The van der Waals surface area contributed by atoms with E-state index in [0.29, 0.717) is 18.4 Å². The zero-order valence-corrected chi connectivity index (χ0v) is 13.8. The van der Waals surface area contributed by atoms with Crippen molar-refractivity contribution in [3.63, 3.8) is 0 Å². The molecule has 1 aliphatic carbocycles. The van der Waals surface area contributed by atoms with Crippen LogP contribution in [0.2, 0.25) is 0 Å². The van der Waals surface area contributed by atoms with E-state index < -0.39 is 0 Å². The summed E-state index contributed by atoms with van der Waals surface area (Å²) in [7, 11) is 4.07. The minimum atomic E-state index is -0.269. The van der Waals surface area contributed by atoms with Crippen molar-refractivity contribution in [3.05, 3.63) is 29.8 Å². The zero-order chi connectivity index (χ0) is 15.7. The molecule has 1 aromatic carbocycles. The van der Waals surface area contributed by atoms with Gasteiger partial charge in [-0.05, 0) is 36.5 Å². The predicted molar refractivity (Wildman–Crippen MR) is 88.2 cm³/mol. The van der Waals surface area contributed by atoms with Gasteiger partial charge in [-0.25, -0.2) is 0 Å². The van der Waals surface area contributed by atoms with Crippen LogP contribution in [0.5, 0.6) is 0 Å². The summed E-state index contributed by atoms with van der Waals surface area (Å²) in [4.78, 5) is 17.2. The van der Waals surface area contributed by atoms with Crippen molar-refractivity contribution in [2.75, 3.05) is 45.3 Å². The summed E-state index contributed by atoms with van der Waals surface area (Å²) in [5.74, 6) is 0.709. The number of rotatable bonds is 3. The van der Waals surface area contributed by atoms with Gasteiger partial charge in [0.1, 0.15) is 0 Å².